The minimum atomic E-state index is -3.70. The van der Waals surface area contributed by atoms with E-state index in [9.17, 15) is 13.2 Å². The van der Waals surface area contributed by atoms with Gasteiger partial charge >= 0.3 is 0 Å². The summed E-state index contributed by atoms with van der Waals surface area (Å²) in [5.41, 5.74) is 0.731. The van der Waals surface area contributed by atoms with Crippen molar-refractivity contribution >= 4 is 27.7 Å². The first kappa shape index (κ1) is 16.3. The van der Waals surface area contributed by atoms with E-state index < -0.39 is 10.0 Å². The molecule has 21 heavy (non-hydrogen) atoms. The van der Waals surface area contributed by atoms with Crippen LogP contribution in [0.3, 0.4) is 0 Å². The third-order valence-electron chi connectivity index (χ3n) is 3.53. The number of thioether (sulfide) groups is 1. The zero-order chi connectivity index (χ0) is 15.3. The second kappa shape index (κ2) is 7.29. The molecule has 2 rings (SSSR count). The molecule has 5 nitrogen and oxygen atoms in total. The van der Waals surface area contributed by atoms with Gasteiger partial charge in [-0.3, -0.25) is 4.79 Å². The van der Waals surface area contributed by atoms with Crippen molar-refractivity contribution in [3.63, 3.8) is 0 Å². The van der Waals surface area contributed by atoms with Gasteiger partial charge in [-0.25, -0.2) is 13.6 Å². The van der Waals surface area contributed by atoms with Gasteiger partial charge in [0.2, 0.25) is 15.9 Å². The highest BCUT2D eigenvalue weighted by atomic mass is 32.2. The summed E-state index contributed by atoms with van der Waals surface area (Å²) in [6.45, 7) is 0.323. The molecular formula is C14H20N2O3S2. The second-order valence-electron chi connectivity index (χ2n) is 5.23. The monoisotopic (exact) mass is 328 g/mol. The minimum Gasteiger partial charge on any atom is -0.352 e. The lowest BCUT2D eigenvalue weighted by atomic mass is 9.98. The summed E-state index contributed by atoms with van der Waals surface area (Å²) in [6, 6.07) is 6.33. The minimum absolute atomic E-state index is 0.0212. The Kier molecular flexibility index (Phi) is 5.66. The average Bonchev–Trinajstić information content (AvgIpc) is 2.46. The smallest absolute Gasteiger partial charge is 0.238 e. The standard InChI is InChI=1S/C14H20N2O3S2/c15-21(18,19)13-3-1-2-12(8-13)10-16-14(17)9-11-4-6-20-7-5-11/h1-3,8,11H,4-7,9-10H2,(H,16,17)(H2,15,18,19). The zero-order valence-electron chi connectivity index (χ0n) is 11.7. The lowest BCUT2D eigenvalue weighted by molar-refractivity contribution is -0.122. The molecule has 1 aliphatic rings. The number of nitrogens with two attached hydrogens (primary N) is 1. The molecule has 1 saturated heterocycles. The molecule has 1 aromatic rings. The lowest BCUT2D eigenvalue weighted by Crippen LogP contribution is -2.26. The molecular weight excluding hydrogens is 308 g/mol. The molecule has 1 aromatic carbocycles. The summed E-state index contributed by atoms with van der Waals surface area (Å²) in [5, 5.41) is 7.93. The summed E-state index contributed by atoms with van der Waals surface area (Å²) in [6.07, 6.45) is 2.74. The van der Waals surface area contributed by atoms with Gasteiger partial charge in [0.1, 0.15) is 0 Å². The van der Waals surface area contributed by atoms with E-state index in [0.717, 1.165) is 29.9 Å². The number of carbonyl (C=O) groups is 1. The van der Waals surface area contributed by atoms with Crippen molar-refractivity contribution in [2.24, 2.45) is 11.1 Å². The Morgan fingerprint density at radius 2 is 2.05 bits per heavy atom. The summed E-state index contributed by atoms with van der Waals surface area (Å²) < 4.78 is 22.5. The molecule has 7 heteroatoms. The average molecular weight is 328 g/mol. The van der Waals surface area contributed by atoms with Gasteiger partial charge in [0, 0.05) is 13.0 Å². The Bertz CT molecular complexity index is 596. The molecule has 0 atom stereocenters. The van der Waals surface area contributed by atoms with Crippen LogP contribution in [0.5, 0.6) is 0 Å². The maximum absolute atomic E-state index is 11.9. The number of nitrogens with one attached hydrogen (secondary N) is 1. The maximum atomic E-state index is 11.9. The third kappa shape index (κ3) is 5.33. The van der Waals surface area contributed by atoms with Crippen LogP contribution < -0.4 is 10.5 Å². The van der Waals surface area contributed by atoms with Crippen LogP contribution in [0.4, 0.5) is 0 Å². The fraction of sp³-hybridized carbons (Fsp3) is 0.500. The number of amides is 1. The highest BCUT2D eigenvalue weighted by Crippen LogP contribution is 2.25. The van der Waals surface area contributed by atoms with Crippen molar-refractivity contribution in [1.29, 1.82) is 0 Å². The third-order valence-corrected chi connectivity index (χ3v) is 5.49. The van der Waals surface area contributed by atoms with E-state index in [2.05, 4.69) is 5.32 Å². The molecule has 0 saturated carbocycles. The van der Waals surface area contributed by atoms with Gasteiger partial charge < -0.3 is 5.32 Å². The summed E-state index contributed by atoms with van der Waals surface area (Å²) >= 11 is 1.94. The number of rotatable bonds is 5. The van der Waals surface area contributed by atoms with E-state index in [-0.39, 0.29) is 10.8 Å². The van der Waals surface area contributed by atoms with Crippen LogP contribution in [-0.2, 0) is 21.4 Å². The van der Waals surface area contributed by atoms with Crippen molar-refractivity contribution in [3.8, 4) is 0 Å². The predicted molar refractivity (Wildman–Crippen MR) is 84.3 cm³/mol. The molecule has 0 radical (unpaired) electrons. The van der Waals surface area contributed by atoms with E-state index in [4.69, 9.17) is 5.14 Å². The molecule has 3 N–H and O–H groups in total. The van der Waals surface area contributed by atoms with Gasteiger partial charge in [-0.05, 0) is 48.0 Å². The number of carbonyl (C=O) groups excluding carboxylic acids is 1. The van der Waals surface area contributed by atoms with Gasteiger partial charge in [-0.2, -0.15) is 11.8 Å². The van der Waals surface area contributed by atoms with Crippen molar-refractivity contribution in [3.05, 3.63) is 29.8 Å². The van der Waals surface area contributed by atoms with E-state index in [1.54, 1.807) is 12.1 Å². The molecule has 0 bridgehead atoms. The van der Waals surface area contributed by atoms with Crippen molar-refractivity contribution in [2.45, 2.75) is 30.7 Å². The summed E-state index contributed by atoms with van der Waals surface area (Å²) in [7, 11) is -3.70. The van der Waals surface area contributed by atoms with E-state index >= 15 is 0 Å². The zero-order valence-corrected chi connectivity index (χ0v) is 13.4. The quantitative estimate of drug-likeness (QED) is 0.857. The van der Waals surface area contributed by atoms with Crippen LogP contribution in [0.1, 0.15) is 24.8 Å². The Balaban J connectivity index is 1.86. The van der Waals surface area contributed by atoms with Crippen molar-refractivity contribution < 1.29 is 13.2 Å². The maximum Gasteiger partial charge on any atom is 0.238 e. The molecule has 1 amide bonds. The van der Waals surface area contributed by atoms with Crippen molar-refractivity contribution in [2.75, 3.05) is 11.5 Å². The van der Waals surface area contributed by atoms with Gasteiger partial charge in [-0.1, -0.05) is 12.1 Å². The number of sulfonamides is 1. The van der Waals surface area contributed by atoms with Gasteiger partial charge in [0.15, 0.2) is 0 Å². The van der Waals surface area contributed by atoms with Crippen molar-refractivity contribution in [1.82, 2.24) is 5.32 Å². The number of hydrogen-bond acceptors (Lipinski definition) is 4. The Morgan fingerprint density at radius 1 is 1.33 bits per heavy atom. The van der Waals surface area contributed by atoms with Crippen LogP contribution in [0.15, 0.2) is 29.2 Å². The van der Waals surface area contributed by atoms with E-state index in [0.29, 0.717) is 18.9 Å². The molecule has 116 valence electrons. The normalized spacial score (nSPS) is 16.6. The van der Waals surface area contributed by atoms with Crippen LogP contribution in [0, 0.1) is 5.92 Å². The largest absolute Gasteiger partial charge is 0.352 e. The highest BCUT2D eigenvalue weighted by molar-refractivity contribution is 7.99. The number of hydrogen-bond donors (Lipinski definition) is 2. The first-order valence-corrected chi connectivity index (χ1v) is 9.61. The molecule has 0 spiro atoms. The highest BCUT2D eigenvalue weighted by Gasteiger charge is 2.17. The molecule has 1 heterocycles. The Hall–Kier alpha value is -1.05. The Labute approximate surface area is 129 Å². The topological polar surface area (TPSA) is 89.3 Å². The van der Waals surface area contributed by atoms with Gasteiger partial charge in [0.05, 0.1) is 4.90 Å². The molecule has 0 aliphatic carbocycles. The lowest BCUT2D eigenvalue weighted by Gasteiger charge is -2.20. The van der Waals surface area contributed by atoms with E-state index in [1.165, 1.54) is 12.1 Å². The van der Waals surface area contributed by atoms with Gasteiger partial charge in [-0.15, -0.1) is 0 Å². The predicted octanol–water partition coefficient (Wildman–Crippen LogP) is 1.48. The Morgan fingerprint density at radius 3 is 2.71 bits per heavy atom. The van der Waals surface area contributed by atoms with Gasteiger partial charge in [0.25, 0.3) is 0 Å². The van der Waals surface area contributed by atoms with Crippen LogP contribution in [-0.4, -0.2) is 25.8 Å². The number of benzene rings is 1. The summed E-state index contributed by atoms with van der Waals surface area (Å²) in [4.78, 5) is 12.0. The SMILES string of the molecule is NS(=O)(=O)c1cccc(CNC(=O)CC2CCSCC2)c1. The summed E-state index contributed by atoms with van der Waals surface area (Å²) in [5.74, 6) is 2.76. The second-order valence-corrected chi connectivity index (χ2v) is 8.02. The van der Waals surface area contributed by atoms with Crippen LogP contribution in [0.25, 0.3) is 0 Å². The van der Waals surface area contributed by atoms with Crippen LogP contribution >= 0.6 is 11.8 Å². The molecule has 1 fully saturated rings. The molecule has 1 aliphatic heterocycles. The first-order chi connectivity index (χ1) is 9.95. The fourth-order valence-electron chi connectivity index (χ4n) is 2.32. The van der Waals surface area contributed by atoms with Crippen LogP contribution in [0.2, 0.25) is 0 Å². The van der Waals surface area contributed by atoms with E-state index in [1.807, 2.05) is 11.8 Å². The fourth-order valence-corrected chi connectivity index (χ4v) is 4.11. The first-order valence-electron chi connectivity index (χ1n) is 6.91. The molecule has 0 aromatic heterocycles. The molecule has 0 unspecified atom stereocenters. The number of primary sulfonamides is 1.